The summed E-state index contributed by atoms with van der Waals surface area (Å²) in [6.45, 7) is 1.80. The van der Waals surface area contributed by atoms with Crippen LogP contribution in [-0.2, 0) is 0 Å². The second-order valence-corrected chi connectivity index (χ2v) is 5.19. The highest BCUT2D eigenvalue weighted by molar-refractivity contribution is 6.31. The lowest BCUT2D eigenvalue weighted by Gasteiger charge is -2.12. The smallest absolute Gasteiger partial charge is 0.195 e. The molecule has 0 spiro atoms. The van der Waals surface area contributed by atoms with Gasteiger partial charge in [-0.2, -0.15) is 0 Å². The van der Waals surface area contributed by atoms with E-state index in [1.165, 1.54) is 12.3 Å². The Morgan fingerprint density at radius 2 is 1.82 bits per heavy atom. The second-order valence-electron chi connectivity index (χ2n) is 4.78. The van der Waals surface area contributed by atoms with Crippen LogP contribution < -0.4 is 5.32 Å². The number of hydrogen-bond acceptors (Lipinski definition) is 2. The molecule has 0 saturated heterocycles. The van der Waals surface area contributed by atoms with E-state index in [0.29, 0.717) is 10.7 Å². The molecule has 0 aliphatic rings. The standard InChI is InChI=1S/C16H10ClF3N2/c1-8-11(17)3-2-4-13(8)22-16-10-7-12(18)15(20)14(19)9(10)5-6-21-16/h2-7H,1H3,(H,21,22). The number of anilines is 2. The Labute approximate surface area is 129 Å². The van der Waals surface area contributed by atoms with E-state index in [1.807, 2.05) is 0 Å². The molecule has 3 rings (SSSR count). The van der Waals surface area contributed by atoms with E-state index >= 15 is 0 Å². The average molecular weight is 323 g/mol. The Hall–Kier alpha value is -2.27. The van der Waals surface area contributed by atoms with Crippen LogP contribution in [0.1, 0.15) is 5.56 Å². The summed E-state index contributed by atoms with van der Waals surface area (Å²) in [5.74, 6) is -3.77. The topological polar surface area (TPSA) is 24.9 Å². The first kappa shape index (κ1) is 14.7. The lowest BCUT2D eigenvalue weighted by atomic mass is 10.1. The third kappa shape index (κ3) is 2.37. The molecule has 2 nitrogen and oxygen atoms in total. The Bertz CT molecular complexity index is 881. The van der Waals surface area contributed by atoms with Gasteiger partial charge in [0.15, 0.2) is 17.5 Å². The van der Waals surface area contributed by atoms with Gasteiger partial charge in [0.1, 0.15) is 5.82 Å². The van der Waals surface area contributed by atoms with Crippen molar-refractivity contribution in [3.05, 3.63) is 64.6 Å². The highest BCUT2D eigenvalue weighted by Gasteiger charge is 2.16. The van der Waals surface area contributed by atoms with Gasteiger partial charge < -0.3 is 5.32 Å². The first-order valence-electron chi connectivity index (χ1n) is 6.43. The zero-order valence-electron chi connectivity index (χ0n) is 11.4. The predicted octanol–water partition coefficient (Wildman–Crippen LogP) is 5.36. The maximum Gasteiger partial charge on any atom is 0.195 e. The van der Waals surface area contributed by atoms with E-state index in [1.54, 1.807) is 25.1 Å². The molecule has 6 heteroatoms. The molecule has 1 N–H and O–H groups in total. The van der Waals surface area contributed by atoms with Crippen molar-refractivity contribution >= 4 is 33.9 Å². The number of nitrogens with zero attached hydrogens (tertiary/aromatic N) is 1. The van der Waals surface area contributed by atoms with Crippen LogP contribution in [0.5, 0.6) is 0 Å². The summed E-state index contributed by atoms with van der Waals surface area (Å²) in [6.07, 6.45) is 1.32. The summed E-state index contributed by atoms with van der Waals surface area (Å²) in [5, 5.41) is 3.63. The van der Waals surface area contributed by atoms with Crippen LogP contribution >= 0.6 is 11.6 Å². The summed E-state index contributed by atoms with van der Waals surface area (Å²) in [4.78, 5) is 4.07. The number of hydrogen-bond donors (Lipinski definition) is 1. The number of rotatable bonds is 2. The van der Waals surface area contributed by atoms with Gasteiger partial charge in [-0.1, -0.05) is 17.7 Å². The van der Waals surface area contributed by atoms with E-state index in [0.717, 1.165) is 11.6 Å². The van der Waals surface area contributed by atoms with Crippen molar-refractivity contribution in [2.45, 2.75) is 6.92 Å². The van der Waals surface area contributed by atoms with Crippen LogP contribution in [0.15, 0.2) is 36.5 Å². The zero-order chi connectivity index (χ0) is 15.9. The molecule has 1 heterocycles. The maximum atomic E-state index is 13.8. The lowest BCUT2D eigenvalue weighted by molar-refractivity contribution is 0.453. The van der Waals surface area contributed by atoms with Crippen LogP contribution in [0.2, 0.25) is 5.02 Å². The number of nitrogens with one attached hydrogen (secondary N) is 1. The molecule has 2 aromatic carbocycles. The van der Waals surface area contributed by atoms with E-state index in [4.69, 9.17) is 11.6 Å². The fourth-order valence-electron chi connectivity index (χ4n) is 2.19. The highest BCUT2D eigenvalue weighted by Crippen LogP contribution is 2.31. The molecule has 0 bridgehead atoms. The van der Waals surface area contributed by atoms with Gasteiger partial charge in [0.25, 0.3) is 0 Å². The summed E-state index contributed by atoms with van der Waals surface area (Å²) in [5.41, 5.74) is 1.42. The minimum Gasteiger partial charge on any atom is -0.339 e. The number of aromatic nitrogens is 1. The van der Waals surface area contributed by atoms with Crippen molar-refractivity contribution in [2.24, 2.45) is 0 Å². The quantitative estimate of drug-likeness (QED) is 0.643. The Morgan fingerprint density at radius 1 is 1.05 bits per heavy atom. The van der Waals surface area contributed by atoms with E-state index in [2.05, 4.69) is 10.3 Å². The van der Waals surface area contributed by atoms with Gasteiger partial charge in [-0.25, -0.2) is 18.2 Å². The monoisotopic (exact) mass is 322 g/mol. The van der Waals surface area contributed by atoms with Gasteiger partial charge in [-0.3, -0.25) is 0 Å². The Morgan fingerprint density at radius 3 is 2.59 bits per heavy atom. The molecule has 0 atom stereocenters. The molecule has 0 amide bonds. The second kappa shape index (κ2) is 5.50. The fraction of sp³-hybridized carbons (Fsp3) is 0.0625. The third-order valence-corrected chi connectivity index (χ3v) is 3.83. The molecule has 0 radical (unpaired) electrons. The molecular formula is C16H10ClF3N2. The van der Waals surface area contributed by atoms with Gasteiger partial charge >= 0.3 is 0 Å². The van der Waals surface area contributed by atoms with Crippen LogP contribution in [0.4, 0.5) is 24.7 Å². The van der Waals surface area contributed by atoms with E-state index < -0.39 is 17.5 Å². The van der Waals surface area contributed by atoms with Gasteiger partial charge in [0.05, 0.1) is 0 Å². The number of benzene rings is 2. The minimum atomic E-state index is -1.50. The van der Waals surface area contributed by atoms with Crippen LogP contribution in [-0.4, -0.2) is 4.98 Å². The fourth-order valence-corrected chi connectivity index (χ4v) is 2.37. The van der Waals surface area contributed by atoms with Crippen LogP contribution in [0.25, 0.3) is 10.8 Å². The van der Waals surface area contributed by atoms with Gasteiger partial charge in [-0.05, 0) is 36.8 Å². The largest absolute Gasteiger partial charge is 0.339 e. The summed E-state index contributed by atoms with van der Waals surface area (Å²) in [6, 6.07) is 7.45. The van der Waals surface area contributed by atoms with Crippen molar-refractivity contribution in [2.75, 3.05) is 5.32 Å². The summed E-state index contributed by atoms with van der Waals surface area (Å²) >= 11 is 6.04. The van der Waals surface area contributed by atoms with E-state index in [-0.39, 0.29) is 16.6 Å². The first-order chi connectivity index (χ1) is 10.5. The highest BCUT2D eigenvalue weighted by atomic mass is 35.5. The van der Waals surface area contributed by atoms with Gasteiger partial charge in [0, 0.05) is 27.7 Å². The summed E-state index contributed by atoms with van der Waals surface area (Å²) < 4.78 is 40.6. The maximum absolute atomic E-state index is 13.8. The molecular weight excluding hydrogens is 313 g/mol. The molecule has 0 fully saturated rings. The molecule has 0 unspecified atom stereocenters. The molecule has 22 heavy (non-hydrogen) atoms. The third-order valence-electron chi connectivity index (χ3n) is 3.42. The van der Waals surface area contributed by atoms with E-state index in [9.17, 15) is 13.2 Å². The number of fused-ring (bicyclic) bond motifs is 1. The zero-order valence-corrected chi connectivity index (χ0v) is 12.2. The van der Waals surface area contributed by atoms with Crippen LogP contribution in [0.3, 0.4) is 0 Å². The van der Waals surface area contributed by atoms with Gasteiger partial charge in [-0.15, -0.1) is 0 Å². The average Bonchev–Trinajstić information content (AvgIpc) is 2.50. The Kier molecular flexibility index (Phi) is 3.66. The number of halogens is 4. The Balaban J connectivity index is 2.18. The van der Waals surface area contributed by atoms with Crippen LogP contribution in [0, 0.1) is 24.4 Å². The molecule has 1 aromatic heterocycles. The molecule has 0 saturated carbocycles. The SMILES string of the molecule is Cc1c(Cl)cccc1Nc1nccc2c(F)c(F)c(F)cc12. The van der Waals surface area contributed by atoms with Gasteiger partial charge in [0.2, 0.25) is 0 Å². The molecule has 0 aliphatic heterocycles. The first-order valence-corrected chi connectivity index (χ1v) is 6.81. The molecule has 0 aliphatic carbocycles. The number of pyridine rings is 1. The lowest BCUT2D eigenvalue weighted by Crippen LogP contribution is -2.00. The predicted molar refractivity (Wildman–Crippen MR) is 81.1 cm³/mol. The normalized spacial score (nSPS) is 11.0. The minimum absolute atomic E-state index is 0.0453. The van der Waals surface area contributed by atoms with Crippen molar-refractivity contribution in [3.8, 4) is 0 Å². The van der Waals surface area contributed by atoms with Crippen molar-refractivity contribution in [1.29, 1.82) is 0 Å². The molecule has 3 aromatic rings. The van der Waals surface area contributed by atoms with Crippen molar-refractivity contribution < 1.29 is 13.2 Å². The van der Waals surface area contributed by atoms with Crippen molar-refractivity contribution in [1.82, 2.24) is 4.98 Å². The van der Waals surface area contributed by atoms with Crippen molar-refractivity contribution in [3.63, 3.8) is 0 Å². The summed E-state index contributed by atoms with van der Waals surface area (Å²) in [7, 11) is 0. The molecule has 112 valence electrons.